The fraction of sp³-hybridized carbons (Fsp3) is 0.929. The summed E-state index contributed by atoms with van der Waals surface area (Å²) >= 11 is 0. The van der Waals surface area contributed by atoms with E-state index in [2.05, 4.69) is 32.7 Å². The molecule has 0 aromatic heterocycles. The Kier molecular flexibility index (Phi) is 4.54. The highest BCUT2D eigenvalue weighted by Gasteiger charge is 2.31. The Labute approximate surface area is 100 Å². The Balaban J connectivity index is 2.57. The second-order valence-corrected chi connectivity index (χ2v) is 6.18. The number of carbonyl (C=O) groups excluding carboxylic acids is 1. The van der Waals surface area contributed by atoms with E-state index >= 15 is 0 Å². The van der Waals surface area contributed by atoms with Crippen molar-refractivity contribution in [3.63, 3.8) is 0 Å². The predicted octanol–water partition coefficient (Wildman–Crippen LogP) is 3.11. The third-order valence-electron chi connectivity index (χ3n) is 4.23. The van der Waals surface area contributed by atoms with Crippen molar-refractivity contribution in [2.24, 2.45) is 11.3 Å². The van der Waals surface area contributed by atoms with Gasteiger partial charge in [-0.15, -0.1) is 0 Å². The Bertz CT molecular complexity index is 247. The number of carbonyl (C=O) groups is 1. The molecule has 2 unspecified atom stereocenters. The molecule has 0 spiro atoms. The summed E-state index contributed by atoms with van der Waals surface area (Å²) in [5, 5.41) is 0. The highest BCUT2D eigenvalue weighted by atomic mass is 16.1. The zero-order valence-corrected chi connectivity index (χ0v) is 11.5. The first-order valence-electron chi connectivity index (χ1n) is 6.56. The van der Waals surface area contributed by atoms with Gasteiger partial charge in [0.1, 0.15) is 5.78 Å². The predicted molar refractivity (Wildman–Crippen MR) is 68.5 cm³/mol. The summed E-state index contributed by atoms with van der Waals surface area (Å²) in [5.74, 6) is 1.07. The first kappa shape index (κ1) is 13.7. The van der Waals surface area contributed by atoms with Crippen molar-refractivity contribution in [2.75, 3.05) is 13.6 Å². The minimum atomic E-state index is -0.202. The molecule has 1 fully saturated rings. The lowest BCUT2D eigenvalue weighted by atomic mass is 9.82. The molecule has 0 aliphatic heterocycles. The van der Waals surface area contributed by atoms with Gasteiger partial charge in [0.2, 0.25) is 0 Å². The maximum atomic E-state index is 11.5. The topological polar surface area (TPSA) is 20.3 Å². The van der Waals surface area contributed by atoms with Crippen LogP contribution in [0.1, 0.15) is 53.4 Å². The molecule has 0 amide bonds. The normalized spacial score (nSPS) is 27.1. The molecule has 0 bridgehead atoms. The van der Waals surface area contributed by atoms with Crippen LogP contribution in [0.5, 0.6) is 0 Å². The Morgan fingerprint density at radius 2 is 1.88 bits per heavy atom. The summed E-state index contributed by atoms with van der Waals surface area (Å²) in [5.41, 5.74) is -0.202. The van der Waals surface area contributed by atoms with Crippen molar-refractivity contribution in [1.82, 2.24) is 4.90 Å². The molecule has 0 aromatic carbocycles. The number of ketones is 1. The van der Waals surface area contributed by atoms with Crippen molar-refractivity contribution >= 4 is 5.78 Å². The van der Waals surface area contributed by atoms with E-state index in [0.717, 1.165) is 12.5 Å². The molecule has 2 heteroatoms. The van der Waals surface area contributed by atoms with Crippen molar-refractivity contribution in [3.05, 3.63) is 0 Å². The minimum Gasteiger partial charge on any atom is -0.302 e. The third kappa shape index (κ3) is 3.31. The number of hydrogen-bond donors (Lipinski definition) is 0. The van der Waals surface area contributed by atoms with Crippen LogP contribution in [0.25, 0.3) is 0 Å². The van der Waals surface area contributed by atoms with Crippen LogP contribution in [0.15, 0.2) is 0 Å². The van der Waals surface area contributed by atoms with Crippen molar-refractivity contribution in [1.29, 1.82) is 0 Å². The van der Waals surface area contributed by atoms with Crippen LogP contribution in [-0.4, -0.2) is 30.3 Å². The van der Waals surface area contributed by atoms with Crippen LogP contribution in [-0.2, 0) is 4.79 Å². The maximum Gasteiger partial charge on any atom is 0.136 e. The highest BCUT2D eigenvalue weighted by Crippen LogP contribution is 2.29. The van der Waals surface area contributed by atoms with Gasteiger partial charge >= 0.3 is 0 Å². The van der Waals surface area contributed by atoms with Crippen molar-refractivity contribution < 1.29 is 4.79 Å². The summed E-state index contributed by atoms with van der Waals surface area (Å²) < 4.78 is 0. The molecule has 1 aliphatic carbocycles. The average Bonchev–Trinajstić information content (AvgIpc) is 2.17. The zero-order chi connectivity index (χ0) is 12.3. The van der Waals surface area contributed by atoms with Crippen LogP contribution in [0, 0.1) is 11.3 Å². The van der Waals surface area contributed by atoms with E-state index in [-0.39, 0.29) is 5.41 Å². The molecule has 0 N–H and O–H groups in total. The lowest BCUT2D eigenvalue weighted by Gasteiger charge is -2.39. The van der Waals surface area contributed by atoms with Gasteiger partial charge in [0.25, 0.3) is 0 Å². The molecule has 0 aromatic rings. The summed E-state index contributed by atoms with van der Waals surface area (Å²) in [6.45, 7) is 9.05. The Morgan fingerprint density at radius 1 is 1.31 bits per heavy atom. The second-order valence-electron chi connectivity index (χ2n) is 6.18. The third-order valence-corrected chi connectivity index (χ3v) is 4.23. The summed E-state index contributed by atoms with van der Waals surface area (Å²) in [6.07, 6.45) is 5.36. The average molecular weight is 225 g/mol. The molecule has 2 atom stereocenters. The highest BCUT2D eigenvalue weighted by molar-refractivity contribution is 5.81. The van der Waals surface area contributed by atoms with Crippen LogP contribution in [0.2, 0.25) is 0 Å². The molecular formula is C14H27NO. The summed E-state index contributed by atoms with van der Waals surface area (Å²) in [7, 11) is 2.18. The fourth-order valence-corrected chi connectivity index (χ4v) is 2.80. The van der Waals surface area contributed by atoms with Gasteiger partial charge in [0.05, 0.1) is 0 Å². The lowest BCUT2D eigenvalue weighted by Crippen LogP contribution is -2.45. The van der Waals surface area contributed by atoms with Gasteiger partial charge in [-0.3, -0.25) is 4.79 Å². The van der Waals surface area contributed by atoms with E-state index in [0.29, 0.717) is 11.8 Å². The number of Topliss-reactive ketones (excluding diaryl/α,β-unsaturated/α-hetero) is 1. The van der Waals surface area contributed by atoms with Gasteiger partial charge in [0, 0.05) is 18.0 Å². The Morgan fingerprint density at radius 3 is 2.38 bits per heavy atom. The van der Waals surface area contributed by atoms with E-state index in [9.17, 15) is 4.79 Å². The first-order chi connectivity index (χ1) is 7.34. The van der Waals surface area contributed by atoms with E-state index in [1.807, 2.05) is 0 Å². The summed E-state index contributed by atoms with van der Waals surface area (Å²) in [4.78, 5) is 13.9. The van der Waals surface area contributed by atoms with Gasteiger partial charge in [-0.05, 0) is 32.7 Å². The van der Waals surface area contributed by atoms with E-state index in [1.165, 1.54) is 25.7 Å². The summed E-state index contributed by atoms with van der Waals surface area (Å²) in [6, 6.07) is 0.673. The van der Waals surface area contributed by atoms with E-state index in [1.54, 1.807) is 6.92 Å². The molecule has 0 saturated heterocycles. The van der Waals surface area contributed by atoms with Gasteiger partial charge in [-0.2, -0.15) is 0 Å². The maximum absolute atomic E-state index is 11.5. The number of hydrogen-bond acceptors (Lipinski definition) is 2. The molecule has 1 saturated carbocycles. The Hall–Kier alpha value is -0.370. The molecule has 16 heavy (non-hydrogen) atoms. The molecule has 1 aliphatic rings. The number of nitrogens with zero attached hydrogens (tertiary/aromatic N) is 1. The van der Waals surface area contributed by atoms with E-state index < -0.39 is 0 Å². The zero-order valence-electron chi connectivity index (χ0n) is 11.5. The molecule has 1 rings (SSSR count). The van der Waals surface area contributed by atoms with Gasteiger partial charge in [-0.25, -0.2) is 0 Å². The van der Waals surface area contributed by atoms with Crippen LogP contribution >= 0.6 is 0 Å². The van der Waals surface area contributed by atoms with Crippen LogP contribution in [0.3, 0.4) is 0 Å². The van der Waals surface area contributed by atoms with Gasteiger partial charge in [0.15, 0.2) is 0 Å². The first-order valence-corrected chi connectivity index (χ1v) is 6.56. The van der Waals surface area contributed by atoms with Gasteiger partial charge in [-0.1, -0.05) is 33.6 Å². The molecular weight excluding hydrogens is 198 g/mol. The number of rotatable bonds is 4. The van der Waals surface area contributed by atoms with Crippen molar-refractivity contribution in [3.8, 4) is 0 Å². The molecule has 94 valence electrons. The smallest absolute Gasteiger partial charge is 0.136 e. The van der Waals surface area contributed by atoms with Crippen LogP contribution in [0.4, 0.5) is 0 Å². The SMILES string of the molecule is CC(=O)C(C)(C)CN(C)C1CCCCC1C. The molecule has 2 nitrogen and oxygen atoms in total. The molecule has 0 heterocycles. The van der Waals surface area contributed by atoms with Crippen LogP contribution < -0.4 is 0 Å². The standard InChI is InChI=1S/C14H27NO/c1-11-8-6-7-9-13(11)15(5)10-14(3,4)12(2)16/h11,13H,6-10H2,1-5H3. The van der Waals surface area contributed by atoms with Gasteiger partial charge < -0.3 is 4.90 Å². The minimum absolute atomic E-state index is 0.202. The van der Waals surface area contributed by atoms with Crippen molar-refractivity contribution in [2.45, 2.75) is 59.4 Å². The fourth-order valence-electron chi connectivity index (χ4n) is 2.80. The lowest BCUT2D eigenvalue weighted by molar-refractivity contribution is -0.126. The van der Waals surface area contributed by atoms with E-state index in [4.69, 9.17) is 0 Å². The second kappa shape index (κ2) is 5.31. The quantitative estimate of drug-likeness (QED) is 0.732. The monoisotopic (exact) mass is 225 g/mol. The largest absolute Gasteiger partial charge is 0.302 e. The molecule has 0 radical (unpaired) electrons.